The lowest BCUT2D eigenvalue weighted by atomic mass is 10.1. The van der Waals surface area contributed by atoms with Gasteiger partial charge >= 0.3 is 10.4 Å². The molecule has 0 saturated carbocycles. The third-order valence-electron chi connectivity index (χ3n) is 5.49. The van der Waals surface area contributed by atoms with E-state index in [1.807, 2.05) is 0 Å². The zero-order chi connectivity index (χ0) is 22.9. The van der Waals surface area contributed by atoms with Crippen LogP contribution in [0.3, 0.4) is 0 Å². The second-order valence-electron chi connectivity index (χ2n) is 8.58. The van der Waals surface area contributed by atoms with Gasteiger partial charge in [-0.1, -0.05) is 117 Å². The maximum atomic E-state index is 11.6. The van der Waals surface area contributed by atoms with Crippen LogP contribution < -0.4 is 0 Å². The van der Waals surface area contributed by atoms with E-state index in [0.29, 0.717) is 0 Å². The monoisotopic (exact) mass is 458 g/mol. The van der Waals surface area contributed by atoms with Crippen LogP contribution in [0.1, 0.15) is 142 Å². The van der Waals surface area contributed by atoms with E-state index >= 15 is 0 Å². The summed E-state index contributed by atoms with van der Waals surface area (Å²) in [4.78, 5) is 0. The lowest BCUT2D eigenvalue weighted by Gasteiger charge is -2.02. The number of hydrogen-bond donors (Lipinski definition) is 0. The zero-order valence-electron chi connectivity index (χ0n) is 20.5. The summed E-state index contributed by atoms with van der Waals surface area (Å²) in [5.41, 5.74) is 0. The van der Waals surface area contributed by atoms with Gasteiger partial charge in [-0.05, 0) is 37.8 Å². The summed E-state index contributed by atoms with van der Waals surface area (Å²) in [6.45, 7) is 4.48. The molecule has 0 spiro atoms. The first-order valence-electron chi connectivity index (χ1n) is 13.0. The smallest absolute Gasteiger partial charge is 0.361 e. The van der Waals surface area contributed by atoms with Gasteiger partial charge in [0.25, 0.3) is 0 Å². The van der Waals surface area contributed by atoms with Gasteiger partial charge in [-0.15, -0.1) is 8.42 Å². The highest BCUT2D eigenvalue weighted by atomic mass is 32.3. The largest absolute Gasteiger partial charge is 0.499 e. The Labute approximate surface area is 194 Å². The second-order valence-corrected chi connectivity index (χ2v) is 9.78. The first-order valence-corrected chi connectivity index (χ1v) is 14.4. The van der Waals surface area contributed by atoms with E-state index in [0.717, 1.165) is 25.7 Å². The van der Waals surface area contributed by atoms with E-state index in [9.17, 15) is 8.42 Å². The molecular formula is C26H50O4S. The topological polar surface area (TPSA) is 52.6 Å². The van der Waals surface area contributed by atoms with E-state index in [1.54, 1.807) is 12.2 Å². The van der Waals surface area contributed by atoms with Crippen molar-refractivity contribution in [2.45, 2.75) is 142 Å². The molecule has 0 amide bonds. The van der Waals surface area contributed by atoms with Crippen molar-refractivity contribution in [2.24, 2.45) is 0 Å². The van der Waals surface area contributed by atoms with Crippen molar-refractivity contribution in [3.63, 3.8) is 0 Å². The fourth-order valence-corrected chi connectivity index (χ4v) is 3.99. The molecule has 0 aromatic rings. The van der Waals surface area contributed by atoms with Crippen molar-refractivity contribution in [3.05, 3.63) is 24.7 Å². The highest BCUT2D eigenvalue weighted by Crippen LogP contribution is 2.12. The molecule has 5 heteroatoms. The minimum Gasteiger partial charge on any atom is -0.361 e. The molecule has 0 saturated heterocycles. The van der Waals surface area contributed by atoms with Crippen LogP contribution >= 0.6 is 0 Å². The SMILES string of the molecule is CCCCCCCCCCC/C=C/OS(=O)(=O)O/C=C/CCCCCCCCCCC. The molecule has 184 valence electrons. The molecule has 0 atom stereocenters. The lowest BCUT2D eigenvalue weighted by Crippen LogP contribution is -2.02. The molecule has 31 heavy (non-hydrogen) atoms. The van der Waals surface area contributed by atoms with Gasteiger partial charge < -0.3 is 8.37 Å². The standard InChI is InChI=1S/C26H50O4S/c1-3-5-7-9-11-13-15-17-19-21-23-25-29-31(27,28)30-26-24-22-20-18-16-14-12-10-8-6-4-2/h23-26H,3-22H2,1-2H3/b25-23+,26-24+. The van der Waals surface area contributed by atoms with Gasteiger partial charge in [0.15, 0.2) is 0 Å². The average molecular weight is 459 g/mol. The van der Waals surface area contributed by atoms with Crippen LogP contribution in [-0.4, -0.2) is 8.42 Å². The van der Waals surface area contributed by atoms with Gasteiger partial charge in [-0.3, -0.25) is 0 Å². The van der Waals surface area contributed by atoms with E-state index in [-0.39, 0.29) is 0 Å². The van der Waals surface area contributed by atoms with Crippen LogP contribution in [-0.2, 0) is 18.8 Å². The summed E-state index contributed by atoms with van der Waals surface area (Å²) in [5, 5.41) is 0. The molecule has 0 fully saturated rings. The molecule has 0 N–H and O–H groups in total. The molecule has 0 rings (SSSR count). The Kier molecular flexibility index (Phi) is 22.9. The van der Waals surface area contributed by atoms with Gasteiger partial charge in [0, 0.05) is 0 Å². The predicted octanol–water partition coefficient (Wildman–Crippen LogP) is 9.13. The van der Waals surface area contributed by atoms with Crippen molar-refractivity contribution in [2.75, 3.05) is 0 Å². The zero-order valence-corrected chi connectivity index (χ0v) is 21.3. The first-order chi connectivity index (χ1) is 15.1. The summed E-state index contributed by atoms with van der Waals surface area (Å²) in [6, 6.07) is 0. The molecule has 0 bridgehead atoms. The molecule has 0 aliphatic heterocycles. The normalized spacial score (nSPS) is 12.2. The third-order valence-corrected chi connectivity index (χ3v) is 6.18. The molecule has 0 aromatic heterocycles. The van der Waals surface area contributed by atoms with Gasteiger partial charge in [0.05, 0.1) is 0 Å². The molecule has 0 aliphatic rings. The second kappa shape index (κ2) is 23.7. The van der Waals surface area contributed by atoms with Crippen LogP contribution in [0.5, 0.6) is 0 Å². The van der Waals surface area contributed by atoms with E-state index in [4.69, 9.17) is 8.37 Å². The quantitative estimate of drug-likeness (QED) is 0.107. The van der Waals surface area contributed by atoms with Crippen molar-refractivity contribution in [1.29, 1.82) is 0 Å². The minimum atomic E-state index is -3.98. The van der Waals surface area contributed by atoms with Crippen molar-refractivity contribution < 1.29 is 16.8 Å². The Bertz CT molecular complexity index is 472. The Morgan fingerprint density at radius 1 is 0.484 bits per heavy atom. The van der Waals surface area contributed by atoms with Crippen molar-refractivity contribution in [1.82, 2.24) is 0 Å². The average Bonchev–Trinajstić information content (AvgIpc) is 2.75. The summed E-state index contributed by atoms with van der Waals surface area (Å²) >= 11 is 0. The fourth-order valence-electron chi connectivity index (χ4n) is 3.52. The number of allylic oxidation sites excluding steroid dienone is 2. The summed E-state index contributed by atoms with van der Waals surface area (Å²) in [5.74, 6) is 0. The summed E-state index contributed by atoms with van der Waals surface area (Å²) < 4.78 is 32.8. The molecule has 0 heterocycles. The molecule has 0 unspecified atom stereocenters. The van der Waals surface area contributed by atoms with Crippen LogP contribution in [0.15, 0.2) is 24.7 Å². The van der Waals surface area contributed by atoms with E-state index in [1.165, 1.54) is 115 Å². The van der Waals surface area contributed by atoms with Crippen LogP contribution in [0.2, 0.25) is 0 Å². The van der Waals surface area contributed by atoms with E-state index < -0.39 is 10.4 Å². The van der Waals surface area contributed by atoms with Crippen LogP contribution in [0, 0.1) is 0 Å². The van der Waals surface area contributed by atoms with Gasteiger partial charge in [-0.25, -0.2) is 0 Å². The van der Waals surface area contributed by atoms with Gasteiger partial charge in [0.2, 0.25) is 0 Å². The maximum absolute atomic E-state index is 11.6. The molecule has 0 aromatic carbocycles. The number of hydrogen-bond acceptors (Lipinski definition) is 4. The Morgan fingerprint density at radius 3 is 1.10 bits per heavy atom. The Balaban J connectivity index is 3.50. The lowest BCUT2D eigenvalue weighted by molar-refractivity contribution is 0.334. The van der Waals surface area contributed by atoms with Gasteiger partial charge in [-0.2, -0.15) is 0 Å². The summed E-state index contributed by atoms with van der Waals surface area (Å²) in [7, 11) is -3.98. The van der Waals surface area contributed by atoms with Gasteiger partial charge in [0.1, 0.15) is 12.5 Å². The molecular weight excluding hydrogens is 408 g/mol. The Hall–Kier alpha value is -0.970. The molecule has 0 radical (unpaired) electrons. The predicted molar refractivity (Wildman–Crippen MR) is 133 cm³/mol. The molecule has 4 nitrogen and oxygen atoms in total. The van der Waals surface area contributed by atoms with Crippen LogP contribution in [0.4, 0.5) is 0 Å². The minimum absolute atomic E-state index is 0.833. The Morgan fingerprint density at radius 2 is 0.774 bits per heavy atom. The highest BCUT2D eigenvalue weighted by molar-refractivity contribution is 7.82. The maximum Gasteiger partial charge on any atom is 0.499 e. The van der Waals surface area contributed by atoms with Crippen molar-refractivity contribution in [3.8, 4) is 0 Å². The summed E-state index contributed by atoms with van der Waals surface area (Å²) in [6.07, 6.45) is 30.7. The van der Waals surface area contributed by atoms with E-state index in [2.05, 4.69) is 13.8 Å². The third kappa shape index (κ3) is 25.2. The molecule has 0 aliphatic carbocycles. The van der Waals surface area contributed by atoms with Crippen molar-refractivity contribution >= 4 is 10.4 Å². The highest BCUT2D eigenvalue weighted by Gasteiger charge is 2.07. The fraction of sp³-hybridized carbons (Fsp3) is 0.846. The number of rotatable bonds is 24. The van der Waals surface area contributed by atoms with Crippen LogP contribution in [0.25, 0.3) is 0 Å². The first kappa shape index (κ1) is 30.0. The number of unbranched alkanes of at least 4 members (excludes halogenated alkanes) is 18.